The summed E-state index contributed by atoms with van der Waals surface area (Å²) in [5, 5.41) is 3.76. The Hall–Kier alpha value is -0.0400. The number of fused-ring (bicyclic) bond motifs is 1. The molecule has 3 atom stereocenters. The molecule has 1 N–H and O–H groups in total. The van der Waals surface area contributed by atoms with E-state index in [2.05, 4.69) is 26.1 Å². The molecule has 0 aliphatic heterocycles. The molecule has 0 aromatic rings. The van der Waals surface area contributed by atoms with Gasteiger partial charge in [0.25, 0.3) is 0 Å². The van der Waals surface area contributed by atoms with Crippen LogP contribution in [0.4, 0.5) is 0 Å². The van der Waals surface area contributed by atoms with Crippen LogP contribution in [0.15, 0.2) is 0 Å². The highest BCUT2D eigenvalue weighted by molar-refractivity contribution is 5.06. The van der Waals surface area contributed by atoms with E-state index in [9.17, 15) is 0 Å². The molecule has 0 saturated heterocycles. The largest absolute Gasteiger partial charge is 0.313 e. The van der Waals surface area contributed by atoms with Crippen LogP contribution in [-0.2, 0) is 0 Å². The predicted molar refractivity (Wildman–Crippen MR) is 61.2 cm³/mol. The second-order valence-corrected chi connectivity index (χ2v) is 5.56. The SMILES string of the molecule is CCCNC(C(C)C)C1C2CCCC21. The van der Waals surface area contributed by atoms with Crippen molar-refractivity contribution in [2.75, 3.05) is 6.54 Å². The predicted octanol–water partition coefficient (Wildman–Crippen LogP) is 3.06. The van der Waals surface area contributed by atoms with Gasteiger partial charge < -0.3 is 5.32 Å². The van der Waals surface area contributed by atoms with Crippen molar-refractivity contribution >= 4 is 0 Å². The lowest BCUT2D eigenvalue weighted by molar-refractivity contribution is 0.325. The molecule has 14 heavy (non-hydrogen) atoms. The van der Waals surface area contributed by atoms with Gasteiger partial charge in [0.05, 0.1) is 0 Å². The van der Waals surface area contributed by atoms with Crippen LogP contribution in [0.5, 0.6) is 0 Å². The molecule has 0 aromatic carbocycles. The summed E-state index contributed by atoms with van der Waals surface area (Å²) in [7, 11) is 0. The Morgan fingerprint density at radius 3 is 2.36 bits per heavy atom. The van der Waals surface area contributed by atoms with Crippen LogP contribution < -0.4 is 5.32 Å². The van der Waals surface area contributed by atoms with Crippen molar-refractivity contribution < 1.29 is 0 Å². The molecule has 1 nitrogen and oxygen atoms in total. The molecule has 0 spiro atoms. The summed E-state index contributed by atoms with van der Waals surface area (Å²) in [5.74, 6) is 4.06. The second-order valence-electron chi connectivity index (χ2n) is 5.56. The van der Waals surface area contributed by atoms with Crippen LogP contribution in [0.25, 0.3) is 0 Å². The van der Waals surface area contributed by atoms with Crippen molar-refractivity contribution in [3.05, 3.63) is 0 Å². The molecule has 2 fully saturated rings. The number of nitrogens with one attached hydrogen (secondary N) is 1. The lowest BCUT2D eigenvalue weighted by Crippen LogP contribution is -2.37. The Morgan fingerprint density at radius 2 is 1.86 bits per heavy atom. The van der Waals surface area contributed by atoms with Crippen LogP contribution in [0.1, 0.15) is 46.5 Å². The minimum absolute atomic E-state index is 0.810. The molecule has 0 heterocycles. The normalized spacial score (nSPS) is 37.3. The maximum Gasteiger partial charge on any atom is 0.0124 e. The molecule has 0 amide bonds. The highest BCUT2D eigenvalue weighted by Crippen LogP contribution is 2.59. The van der Waals surface area contributed by atoms with Gasteiger partial charge in [0, 0.05) is 6.04 Å². The van der Waals surface area contributed by atoms with Gasteiger partial charge in [0.15, 0.2) is 0 Å². The fourth-order valence-corrected chi connectivity index (χ4v) is 3.54. The Labute approximate surface area is 88.7 Å². The first-order valence-corrected chi connectivity index (χ1v) is 6.49. The van der Waals surface area contributed by atoms with E-state index in [1.165, 1.54) is 32.2 Å². The maximum atomic E-state index is 3.76. The third kappa shape index (κ3) is 1.84. The van der Waals surface area contributed by atoms with Crippen molar-refractivity contribution in [2.45, 2.75) is 52.5 Å². The van der Waals surface area contributed by atoms with Crippen LogP contribution >= 0.6 is 0 Å². The van der Waals surface area contributed by atoms with Gasteiger partial charge in [0.1, 0.15) is 0 Å². The zero-order valence-electron chi connectivity index (χ0n) is 9.92. The summed E-state index contributed by atoms with van der Waals surface area (Å²) in [6.07, 6.45) is 5.81. The first-order chi connectivity index (χ1) is 6.75. The maximum absolute atomic E-state index is 3.76. The highest BCUT2D eigenvalue weighted by atomic mass is 14.9. The highest BCUT2D eigenvalue weighted by Gasteiger charge is 2.55. The van der Waals surface area contributed by atoms with E-state index in [0.29, 0.717) is 0 Å². The molecule has 2 rings (SSSR count). The van der Waals surface area contributed by atoms with E-state index in [0.717, 1.165) is 29.7 Å². The third-order valence-corrected chi connectivity index (χ3v) is 4.24. The number of rotatable bonds is 5. The van der Waals surface area contributed by atoms with Gasteiger partial charge in [-0.15, -0.1) is 0 Å². The zero-order valence-corrected chi connectivity index (χ0v) is 9.92. The Bertz CT molecular complexity index is 178. The van der Waals surface area contributed by atoms with Gasteiger partial charge >= 0.3 is 0 Å². The minimum atomic E-state index is 0.810. The van der Waals surface area contributed by atoms with Crippen LogP contribution in [0.3, 0.4) is 0 Å². The second kappa shape index (κ2) is 4.22. The molecule has 82 valence electrons. The Morgan fingerprint density at radius 1 is 1.21 bits per heavy atom. The van der Waals surface area contributed by atoms with Gasteiger partial charge in [-0.1, -0.05) is 27.2 Å². The Balaban J connectivity index is 1.85. The van der Waals surface area contributed by atoms with Crippen molar-refractivity contribution in [1.82, 2.24) is 5.32 Å². The van der Waals surface area contributed by atoms with Gasteiger partial charge in [-0.3, -0.25) is 0 Å². The molecule has 2 aliphatic rings. The standard InChI is InChI=1S/C13H25N/c1-4-8-14-13(9(2)3)12-10-6-5-7-11(10)12/h9-14H,4-8H2,1-3H3. The molecule has 0 radical (unpaired) electrons. The van der Waals surface area contributed by atoms with Crippen molar-refractivity contribution in [2.24, 2.45) is 23.7 Å². The monoisotopic (exact) mass is 195 g/mol. The molecule has 3 unspecified atom stereocenters. The molecule has 0 aromatic heterocycles. The average molecular weight is 195 g/mol. The van der Waals surface area contributed by atoms with Crippen LogP contribution in [-0.4, -0.2) is 12.6 Å². The van der Waals surface area contributed by atoms with Gasteiger partial charge in [-0.05, 0) is 49.5 Å². The molecular weight excluding hydrogens is 170 g/mol. The van der Waals surface area contributed by atoms with Crippen molar-refractivity contribution in [3.8, 4) is 0 Å². The van der Waals surface area contributed by atoms with E-state index < -0.39 is 0 Å². The van der Waals surface area contributed by atoms with Crippen LogP contribution in [0.2, 0.25) is 0 Å². The lowest BCUT2D eigenvalue weighted by atomic mass is 9.94. The van der Waals surface area contributed by atoms with Gasteiger partial charge in [-0.2, -0.15) is 0 Å². The Kier molecular flexibility index (Phi) is 3.16. The lowest BCUT2D eigenvalue weighted by Gasteiger charge is -2.24. The third-order valence-electron chi connectivity index (χ3n) is 4.24. The van der Waals surface area contributed by atoms with Crippen molar-refractivity contribution in [1.29, 1.82) is 0 Å². The summed E-state index contributed by atoms with van der Waals surface area (Å²) in [6.45, 7) is 8.22. The number of hydrogen-bond donors (Lipinski definition) is 1. The quantitative estimate of drug-likeness (QED) is 0.711. The van der Waals surface area contributed by atoms with E-state index in [-0.39, 0.29) is 0 Å². The smallest absolute Gasteiger partial charge is 0.0124 e. The first kappa shape index (κ1) is 10.5. The van der Waals surface area contributed by atoms with Gasteiger partial charge in [0.2, 0.25) is 0 Å². The van der Waals surface area contributed by atoms with E-state index in [4.69, 9.17) is 0 Å². The molecule has 2 aliphatic carbocycles. The van der Waals surface area contributed by atoms with E-state index in [1.54, 1.807) is 0 Å². The first-order valence-electron chi connectivity index (χ1n) is 6.49. The summed E-state index contributed by atoms with van der Waals surface area (Å²) in [4.78, 5) is 0. The fraction of sp³-hybridized carbons (Fsp3) is 1.00. The number of hydrogen-bond acceptors (Lipinski definition) is 1. The van der Waals surface area contributed by atoms with Crippen LogP contribution in [0, 0.1) is 23.7 Å². The minimum Gasteiger partial charge on any atom is -0.313 e. The summed E-state index contributed by atoms with van der Waals surface area (Å²) in [5.41, 5.74) is 0. The summed E-state index contributed by atoms with van der Waals surface area (Å²) < 4.78 is 0. The van der Waals surface area contributed by atoms with Crippen molar-refractivity contribution in [3.63, 3.8) is 0 Å². The topological polar surface area (TPSA) is 12.0 Å². The fourth-order valence-electron chi connectivity index (χ4n) is 3.54. The van der Waals surface area contributed by atoms with Gasteiger partial charge in [-0.25, -0.2) is 0 Å². The zero-order chi connectivity index (χ0) is 10.1. The molecule has 1 heteroatoms. The summed E-state index contributed by atoms with van der Waals surface area (Å²) in [6, 6.07) is 0.810. The molecule has 2 saturated carbocycles. The molecule has 0 bridgehead atoms. The van der Waals surface area contributed by atoms with E-state index >= 15 is 0 Å². The molecular formula is C13H25N. The van der Waals surface area contributed by atoms with E-state index in [1.807, 2.05) is 0 Å². The average Bonchev–Trinajstić information content (AvgIpc) is 2.61. The summed E-state index contributed by atoms with van der Waals surface area (Å²) >= 11 is 0.